The minimum Gasteiger partial charge on any atom is -0.481 e. The summed E-state index contributed by atoms with van der Waals surface area (Å²) >= 11 is 0. The molecule has 1 atom stereocenters. The molecule has 112 valence electrons. The SMILES string of the molecule is CN(CC(=O)N1CCC(C(=O)O)C1)C(=O)c1ccccc1. The van der Waals surface area contributed by atoms with Gasteiger partial charge in [0.2, 0.25) is 5.91 Å². The maximum atomic E-state index is 12.1. The number of carbonyl (C=O) groups excluding carboxylic acids is 2. The second kappa shape index (κ2) is 6.39. The molecule has 0 aromatic heterocycles. The number of carboxylic acid groups (broad SMARTS) is 1. The average Bonchev–Trinajstić information content (AvgIpc) is 2.97. The predicted molar refractivity (Wildman–Crippen MR) is 75.7 cm³/mol. The zero-order chi connectivity index (χ0) is 15.4. The topological polar surface area (TPSA) is 77.9 Å². The molecule has 1 aliphatic rings. The number of aliphatic carboxylic acids is 1. The summed E-state index contributed by atoms with van der Waals surface area (Å²) in [6, 6.07) is 8.74. The van der Waals surface area contributed by atoms with Gasteiger partial charge >= 0.3 is 5.97 Å². The first kappa shape index (κ1) is 15.0. The van der Waals surface area contributed by atoms with Gasteiger partial charge in [-0.05, 0) is 18.6 Å². The van der Waals surface area contributed by atoms with Gasteiger partial charge in [-0.15, -0.1) is 0 Å². The Morgan fingerprint density at radius 1 is 1.29 bits per heavy atom. The molecule has 21 heavy (non-hydrogen) atoms. The van der Waals surface area contributed by atoms with E-state index in [1.807, 2.05) is 6.07 Å². The van der Waals surface area contributed by atoms with Crippen LogP contribution in [0.4, 0.5) is 0 Å². The van der Waals surface area contributed by atoms with Gasteiger partial charge in [0.25, 0.3) is 5.91 Å². The fourth-order valence-electron chi connectivity index (χ4n) is 2.36. The van der Waals surface area contributed by atoms with Gasteiger partial charge in [-0.3, -0.25) is 14.4 Å². The van der Waals surface area contributed by atoms with E-state index in [2.05, 4.69) is 0 Å². The second-order valence-electron chi connectivity index (χ2n) is 5.19. The number of hydrogen-bond acceptors (Lipinski definition) is 3. The van der Waals surface area contributed by atoms with Crippen LogP contribution in [-0.4, -0.2) is 59.4 Å². The molecule has 1 aromatic carbocycles. The molecular formula is C15H18N2O4. The van der Waals surface area contributed by atoms with E-state index in [-0.39, 0.29) is 24.9 Å². The molecule has 1 unspecified atom stereocenters. The lowest BCUT2D eigenvalue weighted by atomic mass is 10.1. The van der Waals surface area contributed by atoms with Crippen molar-refractivity contribution >= 4 is 17.8 Å². The molecule has 1 heterocycles. The summed E-state index contributed by atoms with van der Waals surface area (Å²) in [5, 5.41) is 8.93. The third-order valence-electron chi connectivity index (χ3n) is 3.63. The molecule has 0 saturated carbocycles. The molecular weight excluding hydrogens is 272 g/mol. The van der Waals surface area contributed by atoms with Crippen molar-refractivity contribution in [2.75, 3.05) is 26.7 Å². The standard InChI is InChI=1S/C15H18N2O4/c1-16(14(19)11-5-3-2-4-6-11)10-13(18)17-8-7-12(9-17)15(20)21/h2-6,12H,7-10H2,1H3,(H,20,21). The van der Waals surface area contributed by atoms with Crippen LogP contribution in [0.3, 0.4) is 0 Å². The Morgan fingerprint density at radius 3 is 2.52 bits per heavy atom. The molecule has 1 aliphatic heterocycles. The summed E-state index contributed by atoms with van der Waals surface area (Å²) in [5.41, 5.74) is 0.526. The highest BCUT2D eigenvalue weighted by molar-refractivity contribution is 5.96. The highest BCUT2D eigenvalue weighted by Crippen LogP contribution is 2.16. The van der Waals surface area contributed by atoms with E-state index in [0.717, 1.165) is 0 Å². The first-order valence-electron chi connectivity index (χ1n) is 6.80. The van der Waals surface area contributed by atoms with E-state index in [4.69, 9.17) is 5.11 Å². The highest BCUT2D eigenvalue weighted by atomic mass is 16.4. The quantitative estimate of drug-likeness (QED) is 0.885. The van der Waals surface area contributed by atoms with Gasteiger partial charge in [0.1, 0.15) is 0 Å². The second-order valence-corrected chi connectivity index (χ2v) is 5.19. The van der Waals surface area contributed by atoms with Gasteiger partial charge in [0.15, 0.2) is 0 Å². The van der Waals surface area contributed by atoms with E-state index in [0.29, 0.717) is 18.5 Å². The minimum atomic E-state index is -0.876. The fourth-order valence-corrected chi connectivity index (χ4v) is 2.36. The summed E-state index contributed by atoms with van der Waals surface area (Å²) in [7, 11) is 1.57. The van der Waals surface area contributed by atoms with E-state index in [1.54, 1.807) is 31.3 Å². The summed E-state index contributed by atoms with van der Waals surface area (Å²) in [6.07, 6.45) is 0.470. The predicted octanol–water partition coefficient (Wildman–Crippen LogP) is 0.692. The molecule has 0 radical (unpaired) electrons. The molecule has 2 rings (SSSR count). The van der Waals surface area contributed by atoms with Crippen molar-refractivity contribution in [2.24, 2.45) is 5.92 Å². The van der Waals surface area contributed by atoms with Crippen LogP contribution in [0.15, 0.2) is 30.3 Å². The van der Waals surface area contributed by atoms with Crippen LogP contribution < -0.4 is 0 Å². The number of nitrogens with zero attached hydrogens (tertiary/aromatic N) is 2. The van der Waals surface area contributed by atoms with Crippen molar-refractivity contribution in [3.8, 4) is 0 Å². The average molecular weight is 290 g/mol. The molecule has 0 aliphatic carbocycles. The van der Waals surface area contributed by atoms with Crippen molar-refractivity contribution in [3.05, 3.63) is 35.9 Å². The lowest BCUT2D eigenvalue weighted by Gasteiger charge is -2.21. The van der Waals surface area contributed by atoms with E-state index in [9.17, 15) is 14.4 Å². The Hall–Kier alpha value is -2.37. The maximum absolute atomic E-state index is 12.1. The lowest BCUT2D eigenvalue weighted by molar-refractivity contribution is -0.141. The Bertz CT molecular complexity index is 544. The third-order valence-corrected chi connectivity index (χ3v) is 3.63. The molecule has 1 aromatic rings. The van der Waals surface area contributed by atoms with Gasteiger partial charge in [0, 0.05) is 25.7 Å². The highest BCUT2D eigenvalue weighted by Gasteiger charge is 2.31. The number of amides is 2. The number of carbonyl (C=O) groups is 3. The molecule has 1 N–H and O–H groups in total. The minimum absolute atomic E-state index is 0.0416. The third kappa shape index (κ3) is 3.59. The Labute approximate surface area is 123 Å². The van der Waals surface area contributed by atoms with Crippen molar-refractivity contribution in [2.45, 2.75) is 6.42 Å². The van der Waals surface area contributed by atoms with Crippen LogP contribution in [0.1, 0.15) is 16.8 Å². The van der Waals surface area contributed by atoms with Crippen LogP contribution in [0.2, 0.25) is 0 Å². The zero-order valence-electron chi connectivity index (χ0n) is 11.9. The summed E-state index contributed by atoms with van der Waals surface area (Å²) in [4.78, 5) is 38.0. The van der Waals surface area contributed by atoms with Crippen LogP contribution in [0.5, 0.6) is 0 Å². The number of likely N-dealkylation sites (tertiary alicyclic amines) is 1. The molecule has 1 saturated heterocycles. The van der Waals surface area contributed by atoms with Crippen LogP contribution in [0.25, 0.3) is 0 Å². The van der Waals surface area contributed by atoms with Crippen molar-refractivity contribution in [3.63, 3.8) is 0 Å². The van der Waals surface area contributed by atoms with Gasteiger partial charge in [0.05, 0.1) is 12.5 Å². The van der Waals surface area contributed by atoms with Gasteiger partial charge in [-0.25, -0.2) is 0 Å². The molecule has 6 nitrogen and oxygen atoms in total. The van der Waals surface area contributed by atoms with Crippen LogP contribution >= 0.6 is 0 Å². The lowest BCUT2D eigenvalue weighted by Crippen LogP contribution is -2.40. The van der Waals surface area contributed by atoms with Crippen molar-refractivity contribution in [1.29, 1.82) is 0 Å². The smallest absolute Gasteiger partial charge is 0.308 e. The fraction of sp³-hybridized carbons (Fsp3) is 0.400. The first-order valence-corrected chi connectivity index (χ1v) is 6.80. The number of benzene rings is 1. The monoisotopic (exact) mass is 290 g/mol. The van der Waals surface area contributed by atoms with Gasteiger partial charge in [-0.2, -0.15) is 0 Å². The first-order chi connectivity index (χ1) is 9.99. The largest absolute Gasteiger partial charge is 0.481 e. The Kier molecular flexibility index (Phi) is 4.57. The molecule has 0 bridgehead atoms. The van der Waals surface area contributed by atoms with E-state index >= 15 is 0 Å². The Morgan fingerprint density at radius 2 is 1.95 bits per heavy atom. The number of carboxylic acids is 1. The van der Waals surface area contributed by atoms with Gasteiger partial charge < -0.3 is 14.9 Å². The van der Waals surface area contributed by atoms with Crippen LogP contribution in [-0.2, 0) is 9.59 Å². The zero-order valence-corrected chi connectivity index (χ0v) is 11.9. The number of hydrogen-bond donors (Lipinski definition) is 1. The van der Waals surface area contributed by atoms with Crippen molar-refractivity contribution in [1.82, 2.24) is 9.80 Å². The van der Waals surface area contributed by atoms with E-state index < -0.39 is 11.9 Å². The molecule has 6 heteroatoms. The van der Waals surface area contributed by atoms with Gasteiger partial charge in [-0.1, -0.05) is 18.2 Å². The molecule has 2 amide bonds. The normalized spacial score (nSPS) is 17.6. The summed E-state index contributed by atoms with van der Waals surface area (Å²) in [5.74, 6) is -1.81. The number of rotatable bonds is 4. The number of likely N-dealkylation sites (N-methyl/N-ethyl adjacent to an activating group) is 1. The maximum Gasteiger partial charge on any atom is 0.308 e. The molecule has 0 spiro atoms. The molecule has 1 fully saturated rings. The van der Waals surface area contributed by atoms with Crippen LogP contribution in [0, 0.1) is 5.92 Å². The Balaban J connectivity index is 1.91. The van der Waals surface area contributed by atoms with Crippen molar-refractivity contribution < 1.29 is 19.5 Å². The summed E-state index contributed by atoms with van der Waals surface area (Å²) in [6.45, 7) is 0.616. The summed E-state index contributed by atoms with van der Waals surface area (Å²) < 4.78 is 0. The van der Waals surface area contributed by atoms with E-state index in [1.165, 1.54) is 9.80 Å².